The van der Waals surface area contributed by atoms with Gasteiger partial charge < -0.3 is 4.74 Å². The number of benzene rings is 2. The van der Waals surface area contributed by atoms with Gasteiger partial charge in [-0.05, 0) is 36.4 Å². The zero-order valence-electron chi connectivity index (χ0n) is 8.84. The summed E-state index contributed by atoms with van der Waals surface area (Å²) in [6.45, 7) is 0. The topological polar surface area (TPSA) is 56.8 Å². The summed E-state index contributed by atoms with van der Waals surface area (Å²) in [5.41, 5.74) is 0.784. The standard InChI is InChI=1S/C14H7N2O/c15-9-11-6-7-14(12(8-11)10-16)17-13-4-2-1-3-5-13/h2-8H. The Kier molecular flexibility index (Phi) is 3.05. The Balaban J connectivity index is 2.35. The molecule has 0 aromatic heterocycles. The van der Waals surface area contributed by atoms with E-state index in [2.05, 4.69) is 6.07 Å². The molecule has 0 bridgehead atoms. The van der Waals surface area contributed by atoms with Crippen LogP contribution in [0, 0.1) is 28.7 Å². The summed E-state index contributed by atoms with van der Waals surface area (Å²) in [6.07, 6.45) is 0. The molecule has 0 heterocycles. The van der Waals surface area contributed by atoms with Crippen LogP contribution in [0.3, 0.4) is 0 Å². The minimum atomic E-state index is 0.344. The lowest BCUT2D eigenvalue weighted by molar-refractivity contribution is 0.481. The van der Waals surface area contributed by atoms with Crippen LogP contribution < -0.4 is 4.74 Å². The number of nitriles is 2. The SMILES string of the molecule is N#Cc1ccc(Oc2cc[c]cc2)c(C#N)c1. The van der Waals surface area contributed by atoms with Crippen LogP contribution in [0.2, 0.25) is 0 Å². The van der Waals surface area contributed by atoms with Crippen LogP contribution in [0.5, 0.6) is 11.5 Å². The Bertz CT molecular complexity index is 606. The van der Waals surface area contributed by atoms with Crippen molar-refractivity contribution in [3.63, 3.8) is 0 Å². The second kappa shape index (κ2) is 4.83. The zero-order chi connectivity index (χ0) is 12.1. The molecule has 2 aromatic rings. The number of nitrogens with zero attached hydrogens (tertiary/aromatic N) is 2. The predicted molar refractivity (Wildman–Crippen MR) is 61.2 cm³/mol. The van der Waals surface area contributed by atoms with Gasteiger partial charge in [0.25, 0.3) is 0 Å². The van der Waals surface area contributed by atoms with Gasteiger partial charge in [-0.15, -0.1) is 0 Å². The zero-order valence-corrected chi connectivity index (χ0v) is 8.84. The normalized spacial score (nSPS) is 9.06. The molecule has 0 unspecified atom stereocenters. The lowest BCUT2D eigenvalue weighted by Crippen LogP contribution is -1.89. The molecule has 0 aliphatic carbocycles. The molecular formula is C14H7N2O. The number of ether oxygens (including phenoxy) is 1. The first kappa shape index (κ1) is 10.7. The fraction of sp³-hybridized carbons (Fsp3) is 0. The molecule has 0 fully saturated rings. The van der Waals surface area contributed by atoms with Crippen LogP contribution in [0.25, 0.3) is 0 Å². The third-order valence-corrected chi connectivity index (χ3v) is 2.14. The van der Waals surface area contributed by atoms with Gasteiger partial charge in [-0.2, -0.15) is 10.5 Å². The van der Waals surface area contributed by atoms with Crippen molar-refractivity contribution in [3.8, 4) is 23.6 Å². The van der Waals surface area contributed by atoms with Crippen LogP contribution in [0.15, 0.2) is 42.5 Å². The van der Waals surface area contributed by atoms with Crippen molar-refractivity contribution in [1.29, 1.82) is 10.5 Å². The Morgan fingerprint density at radius 3 is 2.41 bits per heavy atom. The monoisotopic (exact) mass is 219 g/mol. The molecule has 0 atom stereocenters. The molecule has 3 nitrogen and oxygen atoms in total. The van der Waals surface area contributed by atoms with Crippen molar-refractivity contribution in [1.82, 2.24) is 0 Å². The lowest BCUT2D eigenvalue weighted by Gasteiger charge is -2.06. The molecular weight excluding hydrogens is 212 g/mol. The van der Waals surface area contributed by atoms with E-state index in [9.17, 15) is 0 Å². The van der Waals surface area contributed by atoms with Gasteiger partial charge in [0.15, 0.2) is 0 Å². The summed E-state index contributed by atoms with van der Waals surface area (Å²) in [5, 5.41) is 17.7. The lowest BCUT2D eigenvalue weighted by atomic mass is 10.1. The van der Waals surface area contributed by atoms with Crippen LogP contribution in [0.4, 0.5) is 0 Å². The average Bonchev–Trinajstić information content (AvgIpc) is 2.40. The van der Waals surface area contributed by atoms with E-state index < -0.39 is 0 Å². The molecule has 79 valence electrons. The molecule has 17 heavy (non-hydrogen) atoms. The minimum Gasteiger partial charge on any atom is -0.456 e. The minimum absolute atomic E-state index is 0.344. The van der Waals surface area contributed by atoms with E-state index in [1.807, 2.05) is 12.1 Å². The van der Waals surface area contributed by atoms with Crippen molar-refractivity contribution >= 4 is 0 Å². The van der Waals surface area contributed by atoms with Gasteiger partial charge in [0.05, 0.1) is 17.2 Å². The maximum atomic E-state index is 8.97. The smallest absolute Gasteiger partial charge is 0.145 e. The van der Waals surface area contributed by atoms with Crippen LogP contribution >= 0.6 is 0 Å². The van der Waals surface area contributed by atoms with E-state index in [1.54, 1.807) is 36.4 Å². The number of rotatable bonds is 2. The van der Waals surface area contributed by atoms with Gasteiger partial charge in [0, 0.05) is 0 Å². The molecule has 2 aromatic carbocycles. The van der Waals surface area contributed by atoms with Gasteiger partial charge in [0.1, 0.15) is 17.6 Å². The summed E-state index contributed by atoms with van der Waals surface area (Å²) >= 11 is 0. The van der Waals surface area contributed by atoms with Crippen LogP contribution in [0.1, 0.15) is 11.1 Å². The van der Waals surface area contributed by atoms with E-state index in [4.69, 9.17) is 15.3 Å². The molecule has 1 radical (unpaired) electrons. The maximum absolute atomic E-state index is 8.97. The summed E-state index contributed by atoms with van der Waals surface area (Å²) in [6, 6.07) is 18.6. The average molecular weight is 219 g/mol. The first-order chi connectivity index (χ1) is 8.33. The maximum Gasteiger partial charge on any atom is 0.145 e. The third-order valence-electron chi connectivity index (χ3n) is 2.14. The molecule has 0 spiro atoms. The molecule has 0 saturated heterocycles. The van der Waals surface area contributed by atoms with Crippen molar-refractivity contribution in [2.75, 3.05) is 0 Å². The van der Waals surface area contributed by atoms with Gasteiger partial charge >= 0.3 is 0 Å². The molecule has 0 saturated carbocycles. The molecule has 2 rings (SSSR count). The van der Waals surface area contributed by atoms with Crippen molar-refractivity contribution < 1.29 is 4.74 Å². The predicted octanol–water partition coefficient (Wildman–Crippen LogP) is 3.02. The van der Waals surface area contributed by atoms with Gasteiger partial charge in [-0.1, -0.05) is 12.1 Å². The fourth-order valence-electron chi connectivity index (χ4n) is 1.34. The second-order valence-electron chi connectivity index (χ2n) is 3.27. The van der Waals surface area contributed by atoms with E-state index >= 15 is 0 Å². The van der Waals surface area contributed by atoms with Gasteiger partial charge in [-0.3, -0.25) is 0 Å². The second-order valence-corrected chi connectivity index (χ2v) is 3.27. The van der Waals surface area contributed by atoms with Gasteiger partial charge in [-0.25, -0.2) is 0 Å². The summed E-state index contributed by atoms with van der Waals surface area (Å²) in [5.74, 6) is 1.07. The van der Waals surface area contributed by atoms with E-state index in [-0.39, 0.29) is 0 Å². The molecule has 0 amide bonds. The van der Waals surface area contributed by atoms with Crippen molar-refractivity contribution in [2.45, 2.75) is 0 Å². The highest BCUT2D eigenvalue weighted by atomic mass is 16.5. The fourth-order valence-corrected chi connectivity index (χ4v) is 1.34. The highest BCUT2D eigenvalue weighted by Crippen LogP contribution is 2.25. The Hall–Kier alpha value is -2.78. The largest absolute Gasteiger partial charge is 0.456 e. The number of hydrogen-bond donors (Lipinski definition) is 0. The highest BCUT2D eigenvalue weighted by Gasteiger charge is 2.05. The quantitative estimate of drug-likeness (QED) is 0.780. The molecule has 0 N–H and O–H groups in total. The Morgan fingerprint density at radius 2 is 1.76 bits per heavy atom. The summed E-state index contributed by atoms with van der Waals surface area (Å²) in [4.78, 5) is 0. The first-order valence-electron chi connectivity index (χ1n) is 4.91. The Morgan fingerprint density at radius 1 is 1.00 bits per heavy atom. The first-order valence-corrected chi connectivity index (χ1v) is 4.91. The van der Waals surface area contributed by atoms with Gasteiger partial charge in [0.2, 0.25) is 0 Å². The van der Waals surface area contributed by atoms with E-state index in [0.29, 0.717) is 22.6 Å². The summed E-state index contributed by atoms with van der Waals surface area (Å²) in [7, 11) is 0. The van der Waals surface area contributed by atoms with Crippen LogP contribution in [-0.2, 0) is 0 Å². The summed E-state index contributed by atoms with van der Waals surface area (Å²) < 4.78 is 5.55. The molecule has 3 heteroatoms. The van der Waals surface area contributed by atoms with Crippen LogP contribution in [-0.4, -0.2) is 0 Å². The molecule has 0 aliphatic heterocycles. The molecule has 0 aliphatic rings. The van der Waals surface area contributed by atoms with E-state index in [1.165, 1.54) is 6.07 Å². The van der Waals surface area contributed by atoms with Crippen molar-refractivity contribution in [3.05, 3.63) is 59.7 Å². The highest BCUT2D eigenvalue weighted by molar-refractivity contribution is 5.49. The van der Waals surface area contributed by atoms with E-state index in [0.717, 1.165) is 0 Å². The van der Waals surface area contributed by atoms with Crippen molar-refractivity contribution in [2.24, 2.45) is 0 Å². The third kappa shape index (κ3) is 2.42. The Labute approximate surface area is 99.1 Å². The number of hydrogen-bond acceptors (Lipinski definition) is 3.